The average molecular weight is 334 g/mol. The predicted octanol–water partition coefficient (Wildman–Crippen LogP) is 2.10. The predicted molar refractivity (Wildman–Crippen MR) is 82.3 cm³/mol. The van der Waals surface area contributed by atoms with Gasteiger partial charge >= 0.3 is 0 Å². The third kappa shape index (κ3) is 4.13. The zero-order chi connectivity index (χ0) is 16.9. The van der Waals surface area contributed by atoms with Gasteiger partial charge in [-0.15, -0.1) is 0 Å². The van der Waals surface area contributed by atoms with Crippen molar-refractivity contribution < 1.29 is 17.9 Å². The van der Waals surface area contributed by atoms with Crippen molar-refractivity contribution in [1.29, 1.82) is 5.26 Å². The molecule has 23 heavy (non-hydrogen) atoms. The second-order valence-corrected chi connectivity index (χ2v) is 6.54. The Hall–Kier alpha value is -2.27. The molecule has 120 valence electrons. The van der Waals surface area contributed by atoms with Crippen molar-refractivity contribution in [3.63, 3.8) is 0 Å². The van der Waals surface area contributed by atoms with Gasteiger partial charge in [-0.3, -0.25) is 0 Å². The van der Waals surface area contributed by atoms with Crippen molar-refractivity contribution in [2.24, 2.45) is 0 Å². The highest BCUT2D eigenvalue weighted by Gasteiger charge is 2.24. The monoisotopic (exact) mass is 334 g/mol. The molecule has 2 aromatic carbocycles. The summed E-state index contributed by atoms with van der Waals surface area (Å²) < 4.78 is 41.1. The zero-order valence-electron chi connectivity index (χ0n) is 12.1. The number of hydrogen-bond donors (Lipinski definition) is 2. The highest BCUT2D eigenvalue weighted by atomic mass is 32.2. The van der Waals surface area contributed by atoms with Crippen LogP contribution in [-0.4, -0.2) is 20.1 Å². The molecule has 0 radical (unpaired) electrons. The van der Waals surface area contributed by atoms with E-state index in [-0.39, 0.29) is 18.6 Å². The SMILES string of the molecule is N#Cc1ccc(S(=O)(=O)N[C@H](CCO)c2ccccc2)c(F)c1. The molecule has 0 saturated heterocycles. The fraction of sp³-hybridized carbons (Fsp3) is 0.188. The van der Waals surface area contributed by atoms with E-state index in [0.717, 1.165) is 12.1 Å². The van der Waals surface area contributed by atoms with Crippen LogP contribution in [0.4, 0.5) is 4.39 Å². The van der Waals surface area contributed by atoms with Crippen molar-refractivity contribution in [2.75, 3.05) is 6.61 Å². The van der Waals surface area contributed by atoms with Gasteiger partial charge in [0, 0.05) is 12.6 Å². The Morgan fingerprint density at radius 3 is 2.48 bits per heavy atom. The molecular weight excluding hydrogens is 319 g/mol. The maximum atomic E-state index is 14.0. The minimum Gasteiger partial charge on any atom is -0.396 e. The molecule has 1 atom stereocenters. The molecule has 7 heteroatoms. The van der Waals surface area contributed by atoms with Crippen LogP contribution in [0, 0.1) is 17.1 Å². The summed E-state index contributed by atoms with van der Waals surface area (Å²) in [4.78, 5) is -0.532. The second kappa shape index (κ2) is 7.33. The molecule has 0 amide bonds. The largest absolute Gasteiger partial charge is 0.396 e. The quantitative estimate of drug-likeness (QED) is 0.846. The maximum Gasteiger partial charge on any atom is 0.244 e. The van der Waals surface area contributed by atoms with Gasteiger partial charge in [0.05, 0.1) is 11.6 Å². The Labute approximate surface area is 134 Å². The van der Waals surface area contributed by atoms with Gasteiger partial charge in [0.2, 0.25) is 10.0 Å². The minimum atomic E-state index is -4.13. The highest BCUT2D eigenvalue weighted by molar-refractivity contribution is 7.89. The summed E-state index contributed by atoms with van der Waals surface area (Å²) in [5, 5.41) is 17.9. The Morgan fingerprint density at radius 2 is 1.91 bits per heavy atom. The van der Waals surface area contributed by atoms with E-state index >= 15 is 0 Å². The highest BCUT2D eigenvalue weighted by Crippen LogP contribution is 2.22. The van der Waals surface area contributed by atoms with E-state index in [1.54, 1.807) is 36.4 Å². The van der Waals surface area contributed by atoms with Gasteiger partial charge in [-0.1, -0.05) is 30.3 Å². The van der Waals surface area contributed by atoms with Gasteiger partial charge in [-0.05, 0) is 30.2 Å². The Balaban J connectivity index is 2.34. The van der Waals surface area contributed by atoms with E-state index in [1.807, 2.05) is 0 Å². The third-order valence-electron chi connectivity index (χ3n) is 3.27. The number of sulfonamides is 1. The van der Waals surface area contributed by atoms with Crippen LogP contribution >= 0.6 is 0 Å². The summed E-state index contributed by atoms with van der Waals surface area (Å²) in [6.45, 7) is -0.224. The first-order chi connectivity index (χ1) is 11.0. The van der Waals surface area contributed by atoms with E-state index in [2.05, 4.69) is 4.72 Å². The number of halogens is 1. The van der Waals surface area contributed by atoms with Gasteiger partial charge in [0.1, 0.15) is 10.7 Å². The minimum absolute atomic E-state index is 0.0383. The first-order valence-electron chi connectivity index (χ1n) is 6.85. The van der Waals surface area contributed by atoms with E-state index in [0.29, 0.717) is 5.56 Å². The van der Waals surface area contributed by atoms with Crippen molar-refractivity contribution >= 4 is 10.0 Å². The molecule has 0 saturated carbocycles. The topological polar surface area (TPSA) is 90.2 Å². The number of nitriles is 1. The van der Waals surface area contributed by atoms with Crippen molar-refractivity contribution in [1.82, 2.24) is 4.72 Å². The van der Waals surface area contributed by atoms with Gasteiger partial charge < -0.3 is 5.11 Å². The molecule has 0 heterocycles. The van der Waals surface area contributed by atoms with Crippen molar-refractivity contribution in [3.05, 3.63) is 65.5 Å². The smallest absolute Gasteiger partial charge is 0.244 e. The third-order valence-corrected chi connectivity index (χ3v) is 4.77. The number of nitrogens with zero attached hydrogens (tertiary/aromatic N) is 1. The number of benzene rings is 2. The molecule has 0 spiro atoms. The zero-order valence-corrected chi connectivity index (χ0v) is 12.9. The summed E-state index contributed by atoms with van der Waals surface area (Å²) in [6, 6.07) is 12.9. The van der Waals surface area contributed by atoms with Gasteiger partial charge in [0.15, 0.2) is 0 Å². The molecule has 0 aliphatic rings. The van der Waals surface area contributed by atoms with E-state index < -0.39 is 26.8 Å². The molecular formula is C16H15FN2O3S. The molecule has 0 aromatic heterocycles. The van der Waals surface area contributed by atoms with Crippen LogP contribution < -0.4 is 4.72 Å². The van der Waals surface area contributed by atoms with E-state index in [9.17, 15) is 12.8 Å². The number of aliphatic hydroxyl groups is 1. The van der Waals surface area contributed by atoms with Crippen LogP contribution in [0.3, 0.4) is 0 Å². The lowest BCUT2D eigenvalue weighted by Crippen LogP contribution is -2.30. The van der Waals surface area contributed by atoms with E-state index in [1.165, 1.54) is 6.07 Å². The first-order valence-corrected chi connectivity index (χ1v) is 8.34. The van der Waals surface area contributed by atoms with Crippen LogP contribution in [0.15, 0.2) is 53.4 Å². The summed E-state index contributed by atoms with van der Waals surface area (Å²) in [7, 11) is -4.13. The van der Waals surface area contributed by atoms with Crippen molar-refractivity contribution in [3.8, 4) is 6.07 Å². The average Bonchev–Trinajstić information content (AvgIpc) is 2.54. The normalized spacial score (nSPS) is 12.6. The van der Waals surface area contributed by atoms with Crippen LogP contribution in [0.25, 0.3) is 0 Å². The number of hydrogen-bond acceptors (Lipinski definition) is 4. The maximum absolute atomic E-state index is 14.0. The standard InChI is InChI=1S/C16H15FN2O3S/c17-14-10-12(11-18)6-7-16(14)23(21,22)19-15(8-9-20)13-4-2-1-3-5-13/h1-7,10,15,19-20H,8-9H2/t15-/m1/s1. The second-order valence-electron chi connectivity index (χ2n) is 4.85. The summed E-state index contributed by atoms with van der Waals surface area (Å²) >= 11 is 0. The summed E-state index contributed by atoms with van der Waals surface area (Å²) in [5.74, 6) is -0.993. The molecule has 0 bridgehead atoms. The summed E-state index contributed by atoms with van der Waals surface area (Å²) in [5.41, 5.74) is 0.704. The van der Waals surface area contributed by atoms with E-state index in [4.69, 9.17) is 10.4 Å². The van der Waals surface area contributed by atoms with Gasteiger partial charge in [0.25, 0.3) is 0 Å². The Morgan fingerprint density at radius 1 is 1.22 bits per heavy atom. The molecule has 2 rings (SSSR count). The lowest BCUT2D eigenvalue weighted by molar-refractivity contribution is 0.272. The molecule has 0 fully saturated rings. The fourth-order valence-corrected chi connectivity index (χ4v) is 3.47. The Bertz CT molecular complexity index is 817. The van der Waals surface area contributed by atoms with Gasteiger partial charge in [-0.25, -0.2) is 17.5 Å². The molecule has 0 aliphatic heterocycles. The molecule has 0 unspecified atom stereocenters. The molecule has 2 N–H and O–H groups in total. The first kappa shape index (κ1) is 17.1. The van der Waals surface area contributed by atoms with Crippen molar-refractivity contribution in [2.45, 2.75) is 17.4 Å². The van der Waals surface area contributed by atoms with Crippen LogP contribution in [0.1, 0.15) is 23.6 Å². The fourth-order valence-electron chi connectivity index (χ4n) is 2.15. The number of rotatable bonds is 6. The summed E-state index contributed by atoms with van der Waals surface area (Å²) in [6.07, 6.45) is 0.154. The number of aliphatic hydroxyl groups excluding tert-OH is 1. The number of nitrogens with one attached hydrogen (secondary N) is 1. The molecule has 2 aromatic rings. The lowest BCUT2D eigenvalue weighted by Gasteiger charge is -2.18. The van der Waals surface area contributed by atoms with Crippen LogP contribution in [0.2, 0.25) is 0 Å². The van der Waals surface area contributed by atoms with Gasteiger partial charge in [-0.2, -0.15) is 5.26 Å². The van der Waals surface area contributed by atoms with Crippen LogP contribution in [0.5, 0.6) is 0 Å². The molecule has 5 nitrogen and oxygen atoms in total. The Kier molecular flexibility index (Phi) is 5.45. The lowest BCUT2D eigenvalue weighted by atomic mass is 10.1. The van der Waals surface area contributed by atoms with Crippen LogP contribution in [-0.2, 0) is 10.0 Å². The molecule has 0 aliphatic carbocycles.